The van der Waals surface area contributed by atoms with E-state index in [-0.39, 0.29) is 0 Å². The van der Waals surface area contributed by atoms with Crippen molar-refractivity contribution in [2.75, 3.05) is 0 Å². The Labute approximate surface area is 745 Å². The molecule has 13 heteroatoms. The average Bonchev–Trinajstić information content (AvgIpc) is 1.60. The highest BCUT2D eigenvalue weighted by molar-refractivity contribution is 7.27. The minimum Gasteiger partial charge on any atom is -0.231 e. The van der Waals surface area contributed by atoms with E-state index in [0.717, 1.165) is 34.3 Å². The monoisotopic (exact) mass is 1700 g/mol. The Morgan fingerprint density at radius 1 is 0.274 bits per heavy atom. The molecule has 0 atom stereocenters. The molecule has 0 spiro atoms. The van der Waals surface area contributed by atoms with Crippen LogP contribution in [0.25, 0.3) is 148 Å². The molecule has 0 amide bonds. The molecule has 124 heavy (non-hydrogen) atoms. The maximum absolute atomic E-state index is 4.89. The number of fused-ring (bicyclic) bond motifs is 13. The quantitative estimate of drug-likeness (QED) is 0.135. The highest BCUT2D eigenvalue weighted by Crippen LogP contribution is 2.48. The number of pyridine rings is 1. The van der Waals surface area contributed by atoms with Crippen molar-refractivity contribution >= 4 is 137 Å². The average molecular weight is 1700 g/mol. The van der Waals surface area contributed by atoms with Crippen LogP contribution >= 0.6 is 45.3 Å². The van der Waals surface area contributed by atoms with Crippen LogP contribution in [0.15, 0.2) is 244 Å². The van der Waals surface area contributed by atoms with E-state index < -0.39 is 0 Å². The Balaban J connectivity index is 0.000000102. The zero-order valence-corrected chi connectivity index (χ0v) is 77.1. The van der Waals surface area contributed by atoms with Crippen molar-refractivity contribution in [2.45, 2.75) is 175 Å². The molecule has 620 valence electrons. The van der Waals surface area contributed by atoms with Crippen molar-refractivity contribution in [2.24, 2.45) is 35.2 Å². The third kappa shape index (κ3) is 15.9. The molecule has 19 aromatic rings. The summed E-state index contributed by atoms with van der Waals surface area (Å²) >= 11 is 7.53. The lowest BCUT2D eigenvalue weighted by atomic mass is 9.93. The Kier molecular flexibility index (Phi) is 23.6. The first-order chi connectivity index (χ1) is 60.5. The molecule has 9 nitrogen and oxygen atoms in total. The molecule has 4 saturated carbocycles. The van der Waals surface area contributed by atoms with Crippen molar-refractivity contribution in [3.8, 4) is 56.3 Å². The second-order valence-electron chi connectivity index (χ2n) is 35.7. The number of aryl methyl sites for hydroxylation is 12. The Hall–Kier alpha value is -11.2. The fraction of sp³-hybridized carbons (Fsp3) is 0.288. The number of hydrogen-bond donors (Lipinski definition) is 0. The first-order valence-corrected chi connectivity index (χ1v) is 48.3. The van der Waals surface area contributed by atoms with Crippen molar-refractivity contribution in [1.29, 1.82) is 0 Å². The van der Waals surface area contributed by atoms with Gasteiger partial charge < -0.3 is 0 Å². The van der Waals surface area contributed by atoms with Gasteiger partial charge in [0.15, 0.2) is 22.8 Å². The summed E-state index contributed by atoms with van der Waals surface area (Å²) in [5, 5.41) is 6.60. The second-order valence-corrected chi connectivity index (χ2v) is 39.9. The topological polar surface area (TPSA) is 71.0 Å². The van der Waals surface area contributed by atoms with Crippen molar-refractivity contribution in [3.05, 3.63) is 305 Å². The SMILES string of the molecule is Cc1ccc(C)c(-c2ccc3c(C)cccc3[n+]2C)c1.Cc1ccc(C2CCCC2)cc1-c1c2sc3ccccc3c2nc[n+]1C.Cc1ccccc1-c1c2sc3cc(C4CCCC4)ccc3c2nc[n+]1C.Cc1ccccc1-c1c2sc3ccc(C4CCCC4)cc3c2nc[n+]1C.Cc1ccccc1-c1c2sc3cccc(C4CCCC4)c3c2nc[n+]1C. The molecule has 4 aliphatic carbocycles. The molecule has 4 aliphatic rings. The molecule has 0 N–H and O–H groups in total. The number of thiophene rings is 4. The standard InChI is InChI=1S/4C23H23N2S.C19H20N/c1-15-8-3-6-11-17(15)22-23-21(24-14-25(22)2)20-18(16-9-4-5-10-16)12-7-13-19(20)26-23;1-15-7-3-6-10-18(15)22-23-21(24-14-25(22)2)19-13-17(11-12-20(19)26-23)16-8-4-5-9-16;1-15-7-3-6-10-18(15)22-23-21(24-14-25(22)2)19-12-11-17(13-20(19)26-23)16-8-4-5-9-16;1-15-11-12-17(16-7-3-4-8-16)13-19(15)22-23-21(24-14-25(22)2)18-9-5-6-10-20(18)26-23;1-13-8-9-15(3)17(12-13)19-11-10-16-14(2)6-5-7-18(16)20(19)4/h3,6-8,11-14,16H,4-5,9-10H2,1-2H3;2*3,6-7,10-14,16H,4-5,8-9H2,1-2H3;5-6,9-14,16H,3-4,7-8H2,1-2H3;5-12H,1-4H3/q5*+1. The molecule has 4 fully saturated rings. The largest absolute Gasteiger partial charge is 0.287 e. The highest BCUT2D eigenvalue weighted by atomic mass is 32.1. The van der Waals surface area contributed by atoms with Crippen LogP contribution in [-0.4, -0.2) is 19.9 Å². The van der Waals surface area contributed by atoms with Crippen LogP contribution in [0.5, 0.6) is 0 Å². The Bertz CT molecular complexity index is 7220. The molecule has 0 aliphatic heterocycles. The summed E-state index contributed by atoms with van der Waals surface area (Å²) in [4.78, 5) is 19.3. The van der Waals surface area contributed by atoms with Crippen molar-refractivity contribution in [3.63, 3.8) is 0 Å². The number of hydrogen-bond acceptors (Lipinski definition) is 8. The van der Waals surface area contributed by atoms with Crippen LogP contribution < -0.4 is 22.8 Å². The van der Waals surface area contributed by atoms with Gasteiger partial charge in [0.2, 0.25) is 33.3 Å². The molecule has 9 heterocycles. The molecule has 0 saturated heterocycles. The third-order valence-corrected chi connectivity index (χ3v) is 32.1. The van der Waals surface area contributed by atoms with Gasteiger partial charge in [-0.2, -0.15) is 4.57 Å². The Morgan fingerprint density at radius 2 is 0.661 bits per heavy atom. The number of nitrogens with zero attached hydrogens (tertiary/aromatic N) is 9. The van der Waals surface area contributed by atoms with E-state index in [9.17, 15) is 0 Å². The number of aromatic nitrogens is 9. The van der Waals surface area contributed by atoms with E-state index in [0.29, 0.717) is 5.92 Å². The predicted molar refractivity (Wildman–Crippen MR) is 524 cm³/mol. The van der Waals surface area contributed by atoms with E-state index in [2.05, 4.69) is 325 Å². The smallest absolute Gasteiger partial charge is 0.231 e. The van der Waals surface area contributed by atoms with Gasteiger partial charge in [0, 0.05) is 85.7 Å². The van der Waals surface area contributed by atoms with E-state index >= 15 is 0 Å². The second kappa shape index (κ2) is 35.4. The summed E-state index contributed by atoms with van der Waals surface area (Å²) < 4.78 is 21.6. The molecule has 0 radical (unpaired) electrons. The predicted octanol–water partition coefficient (Wildman–Crippen LogP) is 27.9. The van der Waals surface area contributed by atoms with Crippen LogP contribution in [0.2, 0.25) is 0 Å². The van der Waals surface area contributed by atoms with Crippen molar-refractivity contribution in [1.82, 2.24) is 19.9 Å². The lowest BCUT2D eigenvalue weighted by Gasteiger charge is -2.14. The van der Waals surface area contributed by atoms with Crippen LogP contribution in [0.4, 0.5) is 0 Å². The first-order valence-electron chi connectivity index (χ1n) is 45.0. The van der Waals surface area contributed by atoms with Gasteiger partial charge in [0.1, 0.15) is 25.8 Å². The van der Waals surface area contributed by atoms with Gasteiger partial charge in [-0.05, 0) is 260 Å². The number of benzene rings is 10. The lowest BCUT2D eigenvalue weighted by Crippen LogP contribution is -2.32. The number of rotatable bonds is 9. The van der Waals surface area contributed by atoms with Gasteiger partial charge in [0.05, 0.1) is 28.2 Å². The molecular formula is C111H112N9S4+5. The maximum Gasteiger partial charge on any atom is 0.287 e. The van der Waals surface area contributed by atoms with E-state index in [1.807, 2.05) is 70.7 Å². The van der Waals surface area contributed by atoms with E-state index in [1.54, 1.807) is 0 Å². The van der Waals surface area contributed by atoms with Gasteiger partial charge in [-0.15, -0.1) is 45.3 Å². The van der Waals surface area contributed by atoms with Gasteiger partial charge in [-0.1, -0.05) is 203 Å². The summed E-state index contributed by atoms with van der Waals surface area (Å²) in [5.74, 6) is 2.93. The summed E-state index contributed by atoms with van der Waals surface area (Å²) in [6, 6.07) is 80.2. The summed E-state index contributed by atoms with van der Waals surface area (Å²) in [6.45, 7) is 15.3. The van der Waals surface area contributed by atoms with Gasteiger partial charge in [-0.25, -0.2) is 18.3 Å². The molecule has 9 aromatic heterocycles. The zero-order valence-electron chi connectivity index (χ0n) is 73.9. The lowest BCUT2D eigenvalue weighted by molar-refractivity contribution is -0.662. The summed E-state index contributed by atoms with van der Waals surface area (Å²) in [7, 11) is 10.6. The zero-order chi connectivity index (χ0) is 85.0. The highest BCUT2D eigenvalue weighted by Gasteiger charge is 2.31. The summed E-state index contributed by atoms with van der Waals surface area (Å²) in [6.07, 6.45) is 29.5. The third-order valence-electron chi connectivity index (χ3n) is 27.5. The maximum atomic E-state index is 4.89. The van der Waals surface area contributed by atoms with Crippen LogP contribution in [-0.2, 0) is 35.2 Å². The molecule has 10 aromatic carbocycles. The molecular weight excluding hydrogens is 1590 g/mol. The van der Waals surface area contributed by atoms with Crippen LogP contribution in [0.1, 0.15) is 188 Å². The normalized spacial score (nSPS) is 14.6. The van der Waals surface area contributed by atoms with E-state index in [1.165, 1.54) is 296 Å². The fourth-order valence-electron chi connectivity index (χ4n) is 20.6. The van der Waals surface area contributed by atoms with Gasteiger partial charge >= 0.3 is 0 Å². The molecule has 0 bridgehead atoms. The molecule has 0 unspecified atom stereocenters. The minimum absolute atomic E-state index is 0.703. The van der Waals surface area contributed by atoms with E-state index in [4.69, 9.17) is 19.9 Å². The van der Waals surface area contributed by atoms with Gasteiger partial charge in [0.25, 0.3) is 25.3 Å². The van der Waals surface area contributed by atoms with Crippen LogP contribution in [0, 0.1) is 48.5 Å². The fourth-order valence-corrected chi connectivity index (χ4v) is 25.7. The first kappa shape index (κ1) is 82.4. The van der Waals surface area contributed by atoms with Gasteiger partial charge in [-0.3, -0.25) is 0 Å². The minimum atomic E-state index is 0.703. The van der Waals surface area contributed by atoms with Crippen LogP contribution in [0.3, 0.4) is 0 Å². The molecule has 23 rings (SSSR count). The Morgan fingerprint density at radius 3 is 1.23 bits per heavy atom. The van der Waals surface area contributed by atoms with Crippen molar-refractivity contribution < 1.29 is 22.8 Å². The summed E-state index contributed by atoms with van der Waals surface area (Å²) in [5.41, 5.74) is 34.1.